The SMILES string of the molecule is CN(CCCNC(=O)C(F)(F)C(F)(F)C(F)(F)C(F)(F)C(F)(F)C(F)(F)C(F)(F)F)CCCNC(=O)C(F)(F)C(F)(F)C(F)(F)C(F)(F)C(F)(F)C(F)(F)C(F)(F)F. The van der Waals surface area contributed by atoms with Crippen LogP contribution in [0.25, 0.3) is 0 Å². The molecule has 0 heterocycles. The Morgan fingerprint density at radius 2 is 0.534 bits per heavy atom. The van der Waals surface area contributed by atoms with Crippen molar-refractivity contribution in [3.63, 3.8) is 0 Å². The molecule has 0 spiro atoms. The van der Waals surface area contributed by atoms with Gasteiger partial charge in [-0.25, -0.2) is 0 Å². The Hall–Kier alpha value is -3.20. The number of rotatable bonds is 20. The minimum absolute atomic E-state index is 0.602. The number of nitrogens with zero attached hydrogens (tertiary/aromatic N) is 1. The Bertz CT molecular complexity index is 1340. The van der Waals surface area contributed by atoms with Crippen LogP contribution in [0.4, 0.5) is 132 Å². The van der Waals surface area contributed by atoms with Crippen LogP contribution in [-0.4, -0.2) is 133 Å². The fourth-order valence-electron chi connectivity index (χ4n) is 3.65. The first-order chi connectivity index (χ1) is 24.9. The van der Waals surface area contributed by atoms with Crippen molar-refractivity contribution in [2.45, 2.75) is 96.3 Å². The highest BCUT2D eigenvalue weighted by Gasteiger charge is 2.95. The van der Waals surface area contributed by atoms with Crippen LogP contribution in [0.1, 0.15) is 12.8 Å². The number of alkyl halides is 30. The summed E-state index contributed by atoms with van der Waals surface area (Å²) in [4.78, 5) is 23.5. The lowest BCUT2D eigenvalue weighted by Gasteiger charge is -2.41. The van der Waals surface area contributed by atoms with E-state index in [-0.39, 0.29) is 0 Å². The van der Waals surface area contributed by atoms with Crippen molar-refractivity contribution in [1.29, 1.82) is 0 Å². The van der Waals surface area contributed by atoms with Crippen molar-refractivity contribution in [3.8, 4) is 0 Å². The molecule has 58 heavy (non-hydrogen) atoms. The molecule has 346 valence electrons. The van der Waals surface area contributed by atoms with E-state index in [1.807, 2.05) is 0 Å². The average molecular weight is 937 g/mol. The van der Waals surface area contributed by atoms with E-state index < -0.39 is 134 Å². The fourth-order valence-corrected chi connectivity index (χ4v) is 3.65. The van der Waals surface area contributed by atoms with Gasteiger partial charge in [0, 0.05) is 13.1 Å². The van der Waals surface area contributed by atoms with Crippen molar-refractivity contribution in [2.75, 3.05) is 33.2 Å². The summed E-state index contributed by atoms with van der Waals surface area (Å²) in [5, 5.41) is 1.20. The molecular weight excluding hydrogens is 920 g/mol. The first kappa shape index (κ1) is 54.8. The quantitative estimate of drug-likeness (QED) is 0.0950. The molecule has 5 nitrogen and oxygen atoms in total. The summed E-state index contributed by atoms with van der Waals surface area (Å²) in [5.74, 6) is -107. The second kappa shape index (κ2) is 15.7. The van der Waals surface area contributed by atoms with Crippen LogP contribution in [0.15, 0.2) is 0 Å². The molecule has 0 rings (SSSR count). The summed E-state index contributed by atoms with van der Waals surface area (Å²) >= 11 is 0. The largest absolute Gasteiger partial charge is 0.460 e. The van der Waals surface area contributed by atoms with Crippen LogP contribution in [0.3, 0.4) is 0 Å². The monoisotopic (exact) mass is 937 g/mol. The molecule has 0 aromatic heterocycles. The minimum Gasteiger partial charge on any atom is -0.351 e. The standard InChI is InChI=1S/C23H17F30N3O2/c1-56(6-2-4-54-8(57)10(24,25)12(28,29)14(32,33)16(36,37)18(40,41)20(44,45)22(48,49)50)7-3-5-55-9(58)11(26,27)13(30,31)15(34,35)17(38,39)19(42,43)21(46,47)23(51,52)53/h2-7H2,1H3,(H,54,57)(H,55,58). The van der Waals surface area contributed by atoms with Crippen LogP contribution in [0.2, 0.25) is 0 Å². The molecule has 35 heteroatoms. The van der Waals surface area contributed by atoms with Gasteiger partial charge in [0.15, 0.2) is 0 Å². The summed E-state index contributed by atoms with van der Waals surface area (Å²) in [6.45, 7) is -4.53. The molecule has 0 radical (unpaired) electrons. The van der Waals surface area contributed by atoms with Gasteiger partial charge in [-0.15, -0.1) is 0 Å². The zero-order valence-corrected chi connectivity index (χ0v) is 26.8. The van der Waals surface area contributed by atoms with Crippen LogP contribution < -0.4 is 10.6 Å². The molecule has 0 atom stereocenters. The first-order valence-corrected chi connectivity index (χ1v) is 13.9. The number of amides is 2. The van der Waals surface area contributed by atoms with E-state index in [0.717, 1.165) is 7.05 Å². The molecule has 0 saturated heterocycles. The second-order valence-corrected chi connectivity index (χ2v) is 11.4. The van der Waals surface area contributed by atoms with E-state index in [1.54, 1.807) is 0 Å². The van der Waals surface area contributed by atoms with Gasteiger partial charge in [-0.2, -0.15) is 132 Å². The number of nitrogens with one attached hydrogen (secondary N) is 2. The Morgan fingerprint density at radius 3 is 0.741 bits per heavy atom. The van der Waals surface area contributed by atoms with Crippen LogP contribution in [-0.2, 0) is 9.59 Å². The van der Waals surface area contributed by atoms with Gasteiger partial charge in [-0.05, 0) is 33.0 Å². The molecule has 0 bridgehead atoms. The molecule has 0 aromatic rings. The molecule has 0 saturated carbocycles. The van der Waals surface area contributed by atoms with Crippen LogP contribution in [0, 0.1) is 0 Å². The third kappa shape index (κ3) is 8.28. The number of halogens is 30. The third-order valence-corrected chi connectivity index (χ3v) is 7.23. The molecule has 0 fully saturated rings. The third-order valence-electron chi connectivity index (χ3n) is 7.23. The first-order valence-electron chi connectivity index (χ1n) is 13.9. The molecule has 0 aliphatic carbocycles. The maximum absolute atomic E-state index is 13.9. The highest BCUT2D eigenvalue weighted by atomic mass is 19.4. The number of hydrogen-bond acceptors (Lipinski definition) is 3. The van der Waals surface area contributed by atoms with Gasteiger partial charge in [0.25, 0.3) is 11.8 Å². The summed E-state index contributed by atoms with van der Waals surface area (Å²) < 4.78 is 396. The van der Waals surface area contributed by atoms with E-state index in [2.05, 4.69) is 0 Å². The maximum atomic E-state index is 13.9. The van der Waals surface area contributed by atoms with E-state index in [0.29, 0.717) is 15.5 Å². The van der Waals surface area contributed by atoms with Crippen LogP contribution >= 0.6 is 0 Å². The lowest BCUT2D eigenvalue weighted by Crippen LogP contribution is -2.74. The van der Waals surface area contributed by atoms with Gasteiger partial charge < -0.3 is 15.5 Å². The van der Waals surface area contributed by atoms with Gasteiger partial charge >= 0.3 is 83.4 Å². The van der Waals surface area contributed by atoms with Gasteiger partial charge in [0.1, 0.15) is 0 Å². The van der Waals surface area contributed by atoms with E-state index in [1.165, 1.54) is 0 Å². The lowest BCUT2D eigenvalue weighted by molar-refractivity contribution is -0.449. The highest BCUT2D eigenvalue weighted by Crippen LogP contribution is 2.64. The molecule has 0 aromatic carbocycles. The summed E-state index contributed by atoms with van der Waals surface area (Å²) in [5.41, 5.74) is 0. The summed E-state index contributed by atoms with van der Waals surface area (Å²) in [7, 11) is 0.814. The smallest absolute Gasteiger partial charge is 0.351 e. The summed E-state index contributed by atoms with van der Waals surface area (Å²) in [6, 6.07) is 0. The van der Waals surface area contributed by atoms with Gasteiger partial charge in [0.2, 0.25) is 0 Å². The number of hydrogen-bond donors (Lipinski definition) is 2. The Kier molecular flexibility index (Phi) is 14.8. The topological polar surface area (TPSA) is 61.4 Å². The van der Waals surface area contributed by atoms with Crippen molar-refractivity contribution >= 4 is 11.8 Å². The normalized spacial score (nSPS) is 15.9. The molecule has 2 N–H and O–H groups in total. The fraction of sp³-hybridized carbons (Fsp3) is 0.913. The number of carbonyl (C=O) groups is 2. The minimum atomic E-state index is -8.69. The van der Waals surface area contributed by atoms with Crippen molar-refractivity contribution in [2.24, 2.45) is 0 Å². The predicted molar refractivity (Wildman–Crippen MR) is 124 cm³/mol. The Labute approximate surface area is 299 Å². The van der Waals surface area contributed by atoms with Crippen LogP contribution in [0.5, 0.6) is 0 Å². The highest BCUT2D eigenvalue weighted by molar-refractivity contribution is 5.85. The Balaban J connectivity index is 5.57. The van der Waals surface area contributed by atoms with Gasteiger partial charge in [-0.1, -0.05) is 0 Å². The van der Waals surface area contributed by atoms with Crippen molar-refractivity contribution in [1.82, 2.24) is 15.5 Å². The zero-order chi connectivity index (χ0) is 47.4. The number of carbonyl (C=O) groups excluding carboxylic acids is 2. The summed E-state index contributed by atoms with van der Waals surface area (Å²) in [6.07, 6.45) is -17.6. The predicted octanol–water partition coefficient (Wildman–Crippen LogP) is 8.68. The van der Waals surface area contributed by atoms with E-state index in [9.17, 15) is 141 Å². The molecule has 0 aliphatic heterocycles. The van der Waals surface area contributed by atoms with E-state index in [4.69, 9.17) is 0 Å². The molecule has 2 amide bonds. The van der Waals surface area contributed by atoms with Gasteiger partial charge in [0.05, 0.1) is 0 Å². The van der Waals surface area contributed by atoms with E-state index >= 15 is 0 Å². The van der Waals surface area contributed by atoms with Crippen molar-refractivity contribution in [3.05, 3.63) is 0 Å². The average Bonchev–Trinajstić information content (AvgIpc) is 3.02. The second-order valence-electron chi connectivity index (χ2n) is 11.4. The Morgan fingerprint density at radius 1 is 0.345 bits per heavy atom. The lowest BCUT2D eigenvalue weighted by atomic mass is 9.91. The zero-order valence-electron chi connectivity index (χ0n) is 26.8. The molecule has 0 aliphatic rings. The molecule has 0 unspecified atom stereocenters. The van der Waals surface area contributed by atoms with Gasteiger partial charge in [-0.3, -0.25) is 9.59 Å². The maximum Gasteiger partial charge on any atom is 0.460 e. The molecular formula is C23H17F30N3O2. The van der Waals surface area contributed by atoms with Crippen molar-refractivity contribution < 1.29 is 141 Å².